The molecule has 0 saturated heterocycles. The van der Waals surface area contributed by atoms with E-state index in [1.807, 2.05) is 6.07 Å². The lowest BCUT2D eigenvalue weighted by Crippen LogP contribution is -2.54. The Labute approximate surface area is 109 Å². The first-order chi connectivity index (χ1) is 9.15. The number of amides is 2. The van der Waals surface area contributed by atoms with E-state index in [1.165, 1.54) is 6.92 Å². The van der Waals surface area contributed by atoms with Crippen LogP contribution >= 0.6 is 0 Å². The van der Waals surface area contributed by atoms with Gasteiger partial charge in [-0.25, -0.2) is 10.4 Å². The van der Waals surface area contributed by atoms with Crippen molar-refractivity contribution in [2.45, 2.75) is 13.1 Å². The van der Waals surface area contributed by atoms with E-state index in [4.69, 9.17) is 0 Å². The van der Waals surface area contributed by atoms with Crippen LogP contribution < -0.4 is 21.5 Å². The predicted molar refractivity (Wildman–Crippen MR) is 68.7 cm³/mol. The van der Waals surface area contributed by atoms with Crippen molar-refractivity contribution < 1.29 is 9.59 Å². The molecule has 2 aliphatic rings. The summed E-state index contributed by atoms with van der Waals surface area (Å²) in [6.07, 6.45) is -0.231. The van der Waals surface area contributed by atoms with Gasteiger partial charge in [-0.2, -0.15) is 0 Å². The topological polar surface area (TPSA) is 94.6 Å². The van der Waals surface area contributed by atoms with Crippen molar-refractivity contribution in [1.82, 2.24) is 21.5 Å². The van der Waals surface area contributed by atoms with Crippen LogP contribution in [0.15, 0.2) is 23.2 Å². The summed E-state index contributed by atoms with van der Waals surface area (Å²) in [5.74, 6) is 0.359. The molecule has 1 atom stereocenters. The summed E-state index contributed by atoms with van der Waals surface area (Å²) < 4.78 is 0. The van der Waals surface area contributed by atoms with Crippen LogP contribution in [0.5, 0.6) is 0 Å². The van der Waals surface area contributed by atoms with Gasteiger partial charge in [-0.15, -0.1) is 0 Å². The van der Waals surface area contributed by atoms with E-state index in [2.05, 4.69) is 26.5 Å². The molecule has 19 heavy (non-hydrogen) atoms. The summed E-state index contributed by atoms with van der Waals surface area (Å²) in [4.78, 5) is 27.1. The van der Waals surface area contributed by atoms with Gasteiger partial charge in [-0.3, -0.25) is 15.0 Å². The minimum absolute atomic E-state index is 0.117. The summed E-state index contributed by atoms with van der Waals surface area (Å²) in [7, 11) is 0. The number of nitrogens with zero attached hydrogens (tertiary/aromatic N) is 1. The number of hydrogen-bond acceptors (Lipinski definition) is 5. The quantitative estimate of drug-likeness (QED) is 0.586. The monoisotopic (exact) mass is 259 g/mol. The Morgan fingerprint density at radius 1 is 1.47 bits per heavy atom. The van der Waals surface area contributed by atoms with Crippen molar-refractivity contribution >= 4 is 23.3 Å². The van der Waals surface area contributed by atoms with Crippen LogP contribution in [0.4, 0.5) is 5.69 Å². The Morgan fingerprint density at radius 3 is 3.11 bits per heavy atom. The molecule has 0 aromatic heterocycles. The second-order valence-electron chi connectivity index (χ2n) is 4.38. The van der Waals surface area contributed by atoms with E-state index in [-0.39, 0.29) is 18.0 Å². The van der Waals surface area contributed by atoms with E-state index in [0.717, 1.165) is 11.3 Å². The van der Waals surface area contributed by atoms with Crippen molar-refractivity contribution in [3.05, 3.63) is 29.3 Å². The predicted octanol–water partition coefficient (Wildman–Crippen LogP) is -0.298. The van der Waals surface area contributed by atoms with Crippen LogP contribution in [0.25, 0.3) is 0 Å². The van der Waals surface area contributed by atoms with Crippen LogP contribution in [0.2, 0.25) is 0 Å². The van der Waals surface area contributed by atoms with Gasteiger partial charge in [0.25, 0.3) is 5.91 Å². The molecule has 2 heterocycles. The molecular formula is C12H13N5O2. The molecule has 1 aromatic carbocycles. The number of hydrogen-bond donors (Lipinski definition) is 4. The molecule has 0 saturated carbocycles. The Balaban J connectivity index is 1.97. The number of amidine groups is 1. The van der Waals surface area contributed by atoms with Gasteiger partial charge in [0.2, 0.25) is 5.91 Å². The zero-order valence-corrected chi connectivity index (χ0v) is 10.3. The first-order valence-electron chi connectivity index (χ1n) is 5.92. The minimum Gasteiger partial charge on any atom is -0.351 e. The molecule has 0 radical (unpaired) electrons. The highest BCUT2D eigenvalue weighted by atomic mass is 16.2. The van der Waals surface area contributed by atoms with Gasteiger partial charge in [0.1, 0.15) is 12.0 Å². The van der Waals surface area contributed by atoms with Gasteiger partial charge in [0, 0.05) is 18.1 Å². The first-order valence-corrected chi connectivity index (χ1v) is 5.92. The fourth-order valence-corrected chi connectivity index (χ4v) is 2.18. The average Bonchev–Trinajstić information content (AvgIpc) is 2.40. The lowest BCUT2D eigenvalue weighted by atomic mass is 9.99. The lowest BCUT2D eigenvalue weighted by Gasteiger charge is -2.32. The average molecular weight is 259 g/mol. The van der Waals surface area contributed by atoms with Gasteiger partial charge in [-0.05, 0) is 12.1 Å². The van der Waals surface area contributed by atoms with Crippen molar-refractivity contribution in [3.8, 4) is 0 Å². The molecule has 0 bridgehead atoms. The van der Waals surface area contributed by atoms with E-state index in [0.29, 0.717) is 17.9 Å². The highest BCUT2D eigenvalue weighted by Crippen LogP contribution is 2.32. The van der Waals surface area contributed by atoms with Gasteiger partial charge in [0.05, 0.1) is 12.2 Å². The van der Waals surface area contributed by atoms with Gasteiger partial charge in [0.15, 0.2) is 0 Å². The van der Waals surface area contributed by atoms with E-state index < -0.39 is 0 Å². The third-order valence-electron chi connectivity index (χ3n) is 3.02. The zero-order valence-electron chi connectivity index (χ0n) is 10.3. The Kier molecular flexibility index (Phi) is 2.68. The standard InChI is InChI=1S/C12H13N5O2/c1-6(18)13-5-9-14-8-4-2-3-7-10(8)11(15-9)16-17-12(7)19/h2-4,11,16H,5H2,1H3,(H,13,18)(H,14,15)(H,17,19). The molecule has 2 aliphatic heterocycles. The fourth-order valence-electron chi connectivity index (χ4n) is 2.18. The number of carbonyl (C=O) groups excluding carboxylic acids is 2. The molecule has 1 unspecified atom stereocenters. The van der Waals surface area contributed by atoms with Crippen LogP contribution in [0.3, 0.4) is 0 Å². The maximum absolute atomic E-state index is 11.7. The number of hydrazine groups is 1. The van der Waals surface area contributed by atoms with Gasteiger partial charge >= 0.3 is 0 Å². The molecular weight excluding hydrogens is 246 g/mol. The molecule has 4 N–H and O–H groups in total. The molecule has 98 valence electrons. The molecule has 7 nitrogen and oxygen atoms in total. The van der Waals surface area contributed by atoms with E-state index >= 15 is 0 Å². The van der Waals surface area contributed by atoms with E-state index in [9.17, 15) is 9.59 Å². The number of nitrogens with one attached hydrogen (secondary N) is 4. The smallest absolute Gasteiger partial charge is 0.265 e. The molecule has 2 amide bonds. The molecule has 0 aliphatic carbocycles. The first kappa shape index (κ1) is 11.7. The van der Waals surface area contributed by atoms with E-state index in [1.54, 1.807) is 12.1 Å². The van der Waals surface area contributed by atoms with Crippen molar-refractivity contribution in [3.63, 3.8) is 0 Å². The molecule has 1 aromatic rings. The maximum atomic E-state index is 11.7. The highest BCUT2D eigenvalue weighted by molar-refractivity contribution is 6.00. The molecule has 0 fully saturated rings. The van der Waals surface area contributed by atoms with Crippen LogP contribution in [0.1, 0.15) is 29.0 Å². The summed E-state index contributed by atoms with van der Waals surface area (Å²) in [5, 5.41) is 5.82. The Morgan fingerprint density at radius 2 is 2.32 bits per heavy atom. The number of rotatable bonds is 2. The normalized spacial score (nSPS) is 19.7. The summed E-state index contributed by atoms with van der Waals surface area (Å²) >= 11 is 0. The number of aliphatic imine (C=N–C) groups is 1. The third-order valence-corrected chi connectivity index (χ3v) is 3.02. The molecule has 3 rings (SSSR count). The molecule has 7 heteroatoms. The van der Waals surface area contributed by atoms with Gasteiger partial charge < -0.3 is 10.6 Å². The summed E-state index contributed by atoms with van der Waals surface area (Å²) in [5.41, 5.74) is 7.65. The second kappa shape index (κ2) is 4.36. The van der Waals surface area contributed by atoms with Crippen molar-refractivity contribution in [2.75, 3.05) is 6.54 Å². The minimum atomic E-state index is -0.231. The largest absolute Gasteiger partial charge is 0.351 e. The summed E-state index contributed by atoms with van der Waals surface area (Å²) in [6.45, 7) is 1.78. The lowest BCUT2D eigenvalue weighted by molar-refractivity contribution is -0.118. The van der Waals surface area contributed by atoms with Crippen LogP contribution in [-0.2, 0) is 4.79 Å². The molecule has 0 spiro atoms. The van der Waals surface area contributed by atoms with Crippen molar-refractivity contribution in [1.29, 1.82) is 0 Å². The van der Waals surface area contributed by atoms with Crippen LogP contribution in [-0.4, -0.2) is 24.2 Å². The third kappa shape index (κ3) is 2.04. The zero-order chi connectivity index (χ0) is 13.4. The fraction of sp³-hybridized carbons (Fsp3) is 0.250. The van der Waals surface area contributed by atoms with Gasteiger partial charge in [-0.1, -0.05) is 6.07 Å². The van der Waals surface area contributed by atoms with Crippen molar-refractivity contribution in [2.24, 2.45) is 4.99 Å². The highest BCUT2D eigenvalue weighted by Gasteiger charge is 2.30. The SMILES string of the molecule is CC(=O)NCC1=Nc2cccc3c2C(NNC3=O)N1. The maximum Gasteiger partial charge on any atom is 0.265 e. The van der Waals surface area contributed by atoms with Crippen LogP contribution in [0, 0.1) is 0 Å². The number of benzene rings is 1. The number of carbonyl (C=O) groups is 2. The Hall–Kier alpha value is -2.41. The summed E-state index contributed by atoms with van der Waals surface area (Å²) in [6, 6.07) is 5.40. The Bertz CT molecular complexity index is 596. The second-order valence-corrected chi connectivity index (χ2v) is 4.38.